The number of halogens is 3. The highest BCUT2D eigenvalue weighted by Gasteiger charge is 2.56. The summed E-state index contributed by atoms with van der Waals surface area (Å²) in [4.78, 5) is 40.4. The third kappa shape index (κ3) is 8.97. The number of carbonyl (C=O) groups is 2. The largest absolute Gasteiger partial charge is 0.493 e. The lowest BCUT2D eigenvalue weighted by Gasteiger charge is -2.16. The molecule has 3 aromatic carbocycles. The van der Waals surface area contributed by atoms with E-state index in [0.717, 1.165) is 6.07 Å². The summed E-state index contributed by atoms with van der Waals surface area (Å²) in [6.07, 6.45) is 2.84. The topological polar surface area (TPSA) is 146 Å². The van der Waals surface area contributed by atoms with Gasteiger partial charge in [0, 0.05) is 40.8 Å². The molecule has 0 bridgehead atoms. The van der Waals surface area contributed by atoms with Gasteiger partial charge in [-0.25, -0.2) is 8.78 Å². The number of benzene rings is 3. The highest BCUT2D eigenvalue weighted by atomic mass is 35.5. The van der Waals surface area contributed by atoms with Crippen molar-refractivity contribution < 1.29 is 37.4 Å². The van der Waals surface area contributed by atoms with Gasteiger partial charge >= 0.3 is 5.12 Å². The van der Waals surface area contributed by atoms with Crippen LogP contribution in [-0.2, 0) is 9.59 Å². The predicted octanol–water partition coefficient (Wildman–Crippen LogP) is 7.08. The second kappa shape index (κ2) is 16.3. The molecule has 1 saturated carbocycles. The van der Waals surface area contributed by atoms with E-state index in [1.807, 2.05) is 13.8 Å². The maximum Gasteiger partial charge on any atom is 0.367 e. The van der Waals surface area contributed by atoms with Crippen LogP contribution < -0.4 is 30.6 Å². The number of methoxy groups -OCH3 is 1. The number of rotatable bonds is 14. The third-order valence-electron chi connectivity index (χ3n) is 7.92. The van der Waals surface area contributed by atoms with E-state index in [4.69, 9.17) is 19.9 Å². The number of anilines is 2. The summed E-state index contributed by atoms with van der Waals surface area (Å²) in [6, 6.07) is 13.8. The minimum absolute atomic E-state index is 0. The molecule has 1 aliphatic rings. The fraction of sp³-hybridized carbons (Fsp3) is 0.314. The van der Waals surface area contributed by atoms with E-state index in [9.17, 15) is 18.8 Å². The van der Waals surface area contributed by atoms with E-state index in [0.29, 0.717) is 65.5 Å². The second-order valence-corrected chi connectivity index (χ2v) is 12.8. The van der Waals surface area contributed by atoms with Crippen LogP contribution in [0, 0.1) is 23.0 Å². The molecule has 2 amide bonds. The Hall–Kier alpha value is -4.46. The average molecular weight is 716 g/mol. The number of thioether (sulfide) groups is 1. The fourth-order valence-electron chi connectivity index (χ4n) is 4.79. The molecule has 0 spiro atoms. The number of amides is 2. The molecular formula is C35H38ClF2N4O6S+. The van der Waals surface area contributed by atoms with E-state index in [-0.39, 0.29) is 40.9 Å². The normalized spacial score (nSPS) is 13.6. The molecule has 49 heavy (non-hydrogen) atoms. The van der Waals surface area contributed by atoms with Crippen LogP contribution in [0.2, 0.25) is 0 Å². The lowest BCUT2D eigenvalue weighted by atomic mass is 10.0. The number of hydrogen-bond acceptors (Lipinski definition) is 8. The number of carbonyl (C=O) groups excluding carboxylic acids is 3. The Morgan fingerprint density at radius 3 is 2.27 bits per heavy atom. The highest BCUT2D eigenvalue weighted by Crippen LogP contribution is 2.47. The summed E-state index contributed by atoms with van der Waals surface area (Å²) in [5.41, 5.74) is 5.73. The van der Waals surface area contributed by atoms with E-state index in [1.165, 1.54) is 61.5 Å². The smallest absolute Gasteiger partial charge is 0.367 e. The molecule has 10 nitrogen and oxygen atoms in total. The number of nitrogens with two attached hydrogens (primary N) is 1. The van der Waals surface area contributed by atoms with Crippen LogP contribution in [0.5, 0.6) is 23.0 Å². The van der Waals surface area contributed by atoms with Gasteiger partial charge in [0.25, 0.3) is 0 Å². The first-order valence-corrected chi connectivity index (χ1v) is 16.4. The van der Waals surface area contributed by atoms with Crippen molar-refractivity contribution in [2.75, 3.05) is 30.1 Å². The zero-order valence-corrected chi connectivity index (χ0v) is 28.8. The van der Waals surface area contributed by atoms with Crippen molar-refractivity contribution in [2.24, 2.45) is 17.1 Å². The van der Waals surface area contributed by atoms with Crippen molar-refractivity contribution in [2.45, 2.75) is 39.2 Å². The van der Waals surface area contributed by atoms with Crippen molar-refractivity contribution in [3.05, 3.63) is 78.5 Å². The SMILES string of the molecule is COc1cc2c(Oc3ccc(NC(=O)C4(C(=O)Nc5ccc(F)cc5)CC4)cc3F)ccnc2cc1OCCCSC(=[OH+])[C@@H](N)C(C)C.Cl. The number of hydrogen-bond donors (Lipinski definition) is 3. The first-order valence-electron chi connectivity index (χ1n) is 15.4. The summed E-state index contributed by atoms with van der Waals surface area (Å²) < 4.78 is 45.9. The second-order valence-electron chi connectivity index (χ2n) is 11.7. The van der Waals surface area contributed by atoms with Gasteiger partial charge in [-0.2, -0.15) is 0 Å². The maximum atomic E-state index is 15.2. The van der Waals surface area contributed by atoms with Gasteiger partial charge in [0.05, 0.1) is 19.2 Å². The van der Waals surface area contributed by atoms with Crippen LogP contribution in [0.1, 0.15) is 33.1 Å². The van der Waals surface area contributed by atoms with Crippen LogP contribution in [0.15, 0.2) is 66.9 Å². The number of pyridine rings is 1. The van der Waals surface area contributed by atoms with E-state index >= 15 is 4.39 Å². The summed E-state index contributed by atoms with van der Waals surface area (Å²) in [7, 11) is 1.51. The summed E-state index contributed by atoms with van der Waals surface area (Å²) >= 11 is 1.30. The van der Waals surface area contributed by atoms with Gasteiger partial charge in [0.15, 0.2) is 23.1 Å². The summed E-state index contributed by atoms with van der Waals surface area (Å²) in [5.74, 6) is -0.368. The van der Waals surface area contributed by atoms with Crippen LogP contribution in [0.25, 0.3) is 10.9 Å². The number of ether oxygens (including phenoxy) is 3. The Kier molecular flexibility index (Phi) is 12.4. The Morgan fingerprint density at radius 1 is 0.959 bits per heavy atom. The Bertz CT molecular complexity index is 1820. The summed E-state index contributed by atoms with van der Waals surface area (Å²) in [6.45, 7) is 4.26. The molecule has 1 aliphatic carbocycles. The molecule has 5 N–H and O–H groups in total. The number of nitrogens with one attached hydrogen (secondary N) is 2. The molecule has 5 rings (SSSR count). The molecule has 1 atom stereocenters. The molecule has 4 aromatic rings. The van der Waals surface area contributed by atoms with Gasteiger partial charge < -0.3 is 30.6 Å². The van der Waals surface area contributed by atoms with Crippen LogP contribution >= 0.6 is 24.2 Å². The average Bonchev–Trinajstić information content (AvgIpc) is 3.89. The number of nitrogens with zero attached hydrogens (tertiary/aromatic N) is 1. The van der Waals surface area contributed by atoms with Crippen LogP contribution in [-0.4, -0.2) is 52.2 Å². The fourth-order valence-corrected chi connectivity index (χ4v) is 5.72. The molecule has 260 valence electrons. The predicted molar refractivity (Wildman–Crippen MR) is 190 cm³/mol. The first kappa shape index (κ1) is 37.4. The maximum absolute atomic E-state index is 15.2. The van der Waals surface area contributed by atoms with Crippen molar-refractivity contribution in [3.8, 4) is 23.0 Å². The van der Waals surface area contributed by atoms with E-state index in [1.54, 1.807) is 18.2 Å². The van der Waals surface area contributed by atoms with Crippen molar-refractivity contribution in [1.82, 2.24) is 4.98 Å². The van der Waals surface area contributed by atoms with Crippen molar-refractivity contribution in [1.29, 1.82) is 0 Å². The summed E-state index contributed by atoms with van der Waals surface area (Å²) in [5, 5.41) is 6.03. The van der Waals surface area contributed by atoms with E-state index < -0.39 is 28.9 Å². The third-order valence-corrected chi connectivity index (χ3v) is 8.98. The molecule has 0 aliphatic heterocycles. The molecule has 14 heteroatoms. The van der Waals surface area contributed by atoms with Gasteiger partial charge in [-0.05, 0) is 85.5 Å². The zero-order chi connectivity index (χ0) is 34.4. The first-order chi connectivity index (χ1) is 23.0. The highest BCUT2D eigenvalue weighted by molar-refractivity contribution is 8.13. The lowest BCUT2D eigenvalue weighted by molar-refractivity contribution is -0.131. The zero-order valence-electron chi connectivity index (χ0n) is 27.1. The van der Waals surface area contributed by atoms with Gasteiger partial charge in [0.1, 0.15) is 23.0 Å². The molecule has 0 radical (unpaired) electrons. The van der Waals surface area contributed by atoms with Crippen molar-refractivity contribution >= 4 is 63.4 Å². The molecule has 1 fully saturated rings. The number of fused-ring (bicyclic) bond motifs is 1. The number of aromatic nitrogens is 1. The Morgan fingerprint density at radius 2 is 1.63 bits per heavy atom. The van der Waals surface area contributed by atoms with Crippen LogP contribution in [0.3, 0.4) is 0 Å². The molecule has 1 aromatic heterocycles. The molecular weight excluding hydrogens is 678 g/mol. The monoisotopic (exact) mass is 715 g/mol. The molecule has 0 unspecified atom stereocenters. The van der Waals surface area contributed by atoms with Gasteiger partial charge in [-0.15, -0.1) is 12.4 Å². The van der Waals surface area contributed by atoms with Gasteiger partial charge in [-0.1, -0.05) is 13.8 Å². The quantitative estimate of drug-likeness (QED) is 0.0713. The minimum atomic E-state index is -1.29. The Labute approximate surface area is 292 Å². The molecule has 0 saturated heterocycles. The standard InChI is InChI=1S/C35H36F2N4O6S.ClH/c1-20(2)31(38)32(42)48-16-4-15-46-30-19-26-24(18-29(30)45-3)27(11-14-39-26)47-28-10-9-23(17-25(28)37)41-34(44)35(12-13-35)33(43)40-22-7-5-21(36)6-8-22;/h5-11,14,17-20,31H,4,12-13,15-16,38H2,1-3H3,(H,40,43)(H,41,44);1H/p+1/t31-;/m0./s1. The van der Waals surface area contributed by atoms with Crippen molar-refractivity contribution in [3.63, 3.8) is 0 Å². The minimum Gasteiger partial charge on any atom is -0.493 e. The van der Waals surface area contributed by atoms with Gasteiger partial charge in [0.2, 0.25) is 11.8 Å². The molecule has 1 heterocycles. The van der Waals surface area contributed by atoms with E-state index in [2.05, 4.69) is 15.6 Å². The van der Waals surface area contributed by atoms with Crippen LogP contribution in [0.4, 0.5) is 20.2 Å². The van der Waals surface area contributed by atoms with Gasteiger partial charge in [-0.3, -0.25) is 19.4 Å². The Balaban J connectivity index is 0.00000541. The lowest BCUT2D eigenvalue weighted by Crippen LogP contribution is -2.35.